The van der Waals surface area contributed by atoms with Crippen molar-refractivity contribution in [3.8, 4) is 0 Å². The summed E-state index contributed by atoms with van der Waals surface area (Å²) in [6.45, 7) is 4.80. The lowest BCUT2D eigenvalue weighted by atomic mass is 9.49. The van der Waals surface area contributed by atoms with Crippen LogP contribution in [0.4, 0.5) is 0 Å². The van der Waals surface area contributed by atoms with E-state index in [0.29, 0.717) is 0 Å². The molecule has 0 atom stereocenters. The van der Waals surface area contributed by atoms with Crippen LogP contribution in [0.3, 0.4) is 0 Å². The van der Waals surface area contributed by atoms with Gasteiger partial charge in [-0.3, -0.25) is 0 Å². The molecule has 0 amide bonds. The Bertz CT molecular complexity index is 246. The predicted octanol–water partition coefficient (Wildman–Crippen LogP) is 5.81. The van der Waals surface area contributed by atoms with Crippen LogP contribution in [0.5, 0.6) is 0 Å². The van der Waals surface area contributed by atoms with Crippen molar-refractivity contribution < 1.29 is 0 Å². The lowest BCUT2D eigenvalue weighted by Gasteiger charge is -2.56. The van der Waals surface area contributed by atoms with Crippen LogP contribution in [-0.2, 0) is 0 Å². The largest absolute Gasteiger partial charge is 0.0628 e. The predicted molar refractivity (Wildman–Crippen MR) is 78.5 cm³/mol. The summed E-state index contributed by atoms with van der Waals surface area (Å²) in [5, 5.41) is 0. The van der Waals surface area contributed by atoms with Crippen LogP contribution in [0, 0.1) is 29.1 Å². The Kier molecular flexibility index (Phi) is 3.74. The molecule has 18 heavy (non-hydrogen) atoms. The van der Waals surface area contributed by atoms with Crippen molar-refractivity contribution in [2.24, 2.45) is 29.1 Å². The third kappa shape index (κ3) is 2.25. The van der Waals surface area contributed by atoms with Gasteiger partial charge < -0.3 is 0 Å². The Morgan fingerprint density at radius 2 is 1.33 bits per heavy atom. The molecule has 3 aliphatic rings. The Morgan fingerprint density at radius 3 is 1.67 bits per heavy atom. The van der Waals surface area contributed by atoms with Gasteiger partial charge in [0.15, 0.2) is 0 Å². The summed E-state index contributed by atoms with van der Waals surface area (Å²) < 4.78 is 0. The summed E-state index contributed by atoms with van der Waals surface area (Å²) in [5.41, 5.74) is 0.837. The molecule has 0 N–H and O–H groups in total. The van der Waals surface area contributed by atoms with Gasteiger partial charge in [-0.25, -0.2) is 0 Å². The highest BCUT2D eigenvalue weighted by Gasteiger charge is 2.50. The fourth-order valence-corrected chi connectivity index (χ4v) is 5.23. The van der Waals surface area contributed by atoms with Crippen molar-refractivity contribution in [1.29, 1.82) is 0 Å². The van der Waals surface area contributed by atoms with Crippen molar-refractivity contribution in [3.63, 3.8) is 0 Å². The highest BCUT2D eigenvalue weighted by Crippen LogP contribution is 2.60. The average Bonchev–Trinajstić information content (AvgIpc) is 2.15. The standard InChI is InChI=1S/C18H32/c1-14(2)13-15-9-11-18(12-10-15,16-5-3-6-16)17-7-4-8-17/h14-17H,3-13H2,1-2H3. The second-order valence-electron chi connectivity index (χ2n) is 8.06. The first-order chi connectivity index (χ1) is 8.71. The van der Waals surface area contributed by atoms with Gasteiger partial charge in [0.2, 0.25) is 0 Å². The monoisotopic (exact) mass is 248 g/mol. The zero-order chi connectivity index (χ0) is 12.6. The van der Waals surface area contributed by atoms with E-state index in [-0.39, 0.29) is 0 Å². The van der Waals surface area contributed by atoms with Crippen LogP contribution >= 0.6 is 0 Å². The maximum Gasteiger partial charge on any atom is -0.0241 e. The van der Waals surface area contributed by atoms with E-state index in [1.807, 2.05) is 0 Å². The van der Waals surface area contributed by atoms with E-state index in [0.717, 1.165) is 29.1 Å². The van der Waals surface area contributed by atoms with Gasteiger partial charge in [-0.05, 0) is 86.9 Å². The van der Waals surface area contributed by atoms with Crippen molar-refractivity contribution in [1.82, 2.24) is 0 Å². The molecule has 0 radical (unpaired) electrons. The van der Waals surface area contributed by atoms with Gasteiger partial charge in [0.05, 0.1) is 0 Å². The molecule has 0 aromatic heterocycles. The maximum atomic E-state index is 2.40. The van der Waals surface area contributed by atoms with Crippen molar-refractivity contribution in [3.05, 3.63) is 0 Å². The van der Waals surface area contributed by atoms with E-state index in [4.69, 9.17) is 0 Å². The third-order valence-corrected chi connectivity index (χ3v) is 6.68. The molecule has 3 rings (SSSR count). The van der Waals surface area contributed by atoms with Gasteiger partial charge in [-0.2, -0.15) is 0 Å². The fraction of sp³-hybridized carbons (Fsp3) is 1.00. The summed E-state index contributed by atoms with van der Waals surface area (Å²) in [7, 11) is 0. The Balaban J connectivity index is 1.62. The van der Waals surface area contributed by atoms with Crippen molar-refractivity contribution >= 4 is 0 Å². The summed E-state index contributed by atoms with van der Waals surface area (Å²) in [4.78, 5) is 0. The molecular formula is C18H32. The number of hydrogen-bond acceptors (Lipinski definition) is 0. The minimum atomic E-state index is 0.837. The first kappa shape index (κ1) is 13.0. The number of hydrogen-bond donors (Lipinski definition) is 0. The molecule has 3 saturated carbocycles. The lowest BCUT2D eigenvalue weighted by Crippen LogP contribution is -2.46. The van der Waals surface area contributed by atoms with Crippen LogP contribution in [0.2, 0.25) is 0 Å². The molecule has 0 saturated heterocycles. The maximum absolute atomic E-state index is 2.40. The van der Waals surface area contributed by atoms with Crippen LogP contribution in [0.1, 0.15) is 84.5 Å². The highest BCUT2D eigenvalue weighted by molar-refractivity contribution is 5.00. The Morgan fingerprint density at radius 1 is 0.833 bits per heavy atom. The van der Waals surface area contributed by atoms with E-state index in [1.165, 1.54) is 19.3 Å². The minimum absolute atomic E-state index is 0.837. The first-order valence-electron chi connectivity index (χ1n) is 8.71. The summed E-state index contributed by atoms with van der Waals surface area (Å²) in [5.74, 6) is 4.26. The Labute approximate surface area is 114 Å². The molecule has 3 fully saturated rings. The van der Waals surface area contributed by atoms with E-state index in [2.05, 4.69) is 13.8 Å². The van der Waals surface area contributed by atoms with Gasteiger partial charge in [0.25, 0.3) is 0 Å². The number of rotatable bonds is 4. The molecule has 0 heterocycles. The zero-order valence-corrected chi connectivity index (χ0v) is 12.6. The summed E-state index contributed by atoms with van der Waals surface area (Å²) >= 11 is 0. The molecule has 0 nitrogen and oxygen atoms in total. The summed E-state index contributed by atoms with van der Waals surface area (Å²) in [6.07, 6.45) is 17.2. The van der Waals surface area contributed by atoms with Gasteiger partial charge in [-0.15, -0.1) is 0 Å². The van der Waals surface area contributed by atoms with Crippen LogP contribution < -0.4 is 0 Å². The molecule has 0 heteroatoms. The van der Waals surface area contributed by atoms with Crippen molar-refractivity contribution in [2.75, 3.05) is 0 Å². The second-order valence-corrected chi connectivity index (χ2v) is 8.06. The SMILES string of the molecule is CC(C)CC1CCC(C2CCC2)(C2CCC2)CC1. The van der Waals surface area contributed by atoms with E-state index in [1.54, 1.807) is 51.4 Å². The fourth-order valence-electron chi connectivity index (χ4n) is 5.23. The topological polar surface area (TPSA) is 0 Å². The van der Waals surface area contributed by atoms with Crippen molar-refractivity contribution in [2.45, 2.75) is 84.5 Å². The molecule has 0 spiro atoms. The molecular weight excluding hydrogens is 216 g/mol. The molecule has 0 bridgehead atoms. The Hall–Kier alpha value is 0. The van der Waals surface area contributed by atoms with Crippen LogP contribution in [0.15, 0.2) is 0 Å². The average molecular weight is 248 g/mol. The van der Waals surface area contributed by atoms with Crippen LogP contribution in [-0.4, -0.2) is 0 Å². The molecule has 3 aliphatic carbocycles. The van der Waals surface area contributed by atoms with Gasteiger partial charge in [-0.1, -0.05) is 26.7 Å². The van der Waals surface area contributed by atoms with Gasteiger partial charge >= 0.3 is 0 Å². The molecule has 0 unspecified atom stereocenters. The van der Waals surface area contributed by atoms with Gasteiger partial charge in [0, 0.05) is 0 Å². The first-order valence-corrected chi connectivity index (χ1v) is 8.71. The molecule has 104 valence electrons. The third-order valence-electron chi connectivity index (χ3n) is 6.68. The normalized spacial score (nSPS) is 30.2. The zero-order valence-electron chi connectivity index (χ0n) is 12.6. The lowest BCUT2D eigenvalue weighted by molar-refractivity contribution is -0.0603. The van der Waals surface area contributed by atoms with Crippen LogP contribution in [0.25, 0.3) is 0 Å². The van der Waals surface area contributed by atoms with Gasteiger partial charge in [0.1, 0.15) is 0 Å². The minimum Gasteiger partial charge on any atom is -0.0628 e. The van der Waals surface area contributed by atoms with E-state index in [9.17, 15) is 0 Å². The highest BCUT2D eigenvalue weighted by atomic mass is 14.5. The molecule has 0 aromatic rings. The smallest absolute Gasteiger partial charge is 0.0241 e. The van der Waals surface area contributed by atoms with E-state index >= 15 is 0 Å². The molecule has 0 aromatic carbocycles. The summed E-state index contributed by atoms with van der Waals surface area (Å²) in [6, 6.07) is 0. The van der Waals surface area contributed by atoms with E-state index < -0.39 is 0 Å². The quantitative estimate of drug-likeness (QED) is 0.589. The molecule has 0 aliphatic heterocycles. The second kappa shape index (κ2) is 5.17.